The van der Waals surface area contributed by atoms with Gasteiger partial charge in [0, 0.05) is 37.4 Å². The highest BCUT2D eigenvalue weighted by Gasteiger charge is 2.50. The van der Waals surface area contributed by atoms with Crippen LogP contribution in [0.15, 0.2) is 36.4 Å². The van der Waals surface area contributed by atoms with Crippen LogP contribution >= 0.6 is 0 Å². The maximum atomic E-state index is 13.9. The Morgan fingerprint density at radius 3 is 2.59 bits per heavy atom. The fourth-order valence-corrected chi connectivity index (χ4v) is 4.97. The number of likely N-dealkylation sites (N-methyl/N-ethyl adjacent to an activating group) is 1. The van der Waals surface area contributed by atoms with Gasteiger partial charge in [-0.15, -0.1) is 0 Å². The largest absolute Gasteiger partial charge is 0.378 e. The van der Waals surface area contributed by atoms with Crippen LogP contribution in [0.3, 0.4) is 0 Å². The fourth-order valence-electron chi connectivity index (χ4n) is 4.97. The molecule has 152 valence electrons. The number of anilines is 1. The quantitative estimate of drug-likeness (QED) is 0.834. The van der Waals surface area contributed by atoms with Crippen molar-refractivity contribution in [2.45, 2.75) is 37.6 Å². The lowest BCUT2D eigenvalue weighted by Gasteiger charge is -2.36. The third kappa shape index (κ3) is 3.31. The molecule has 2 fully saturated rings. The fraction of sp³-hybridized carbons (Fsp3) is 0.458. The van der Waals surface area contributed by atoms with Gasteiger partial charge in [-0.1, -0.05) is 6.07 Å². The minimum absolute atomic E-state index is 0.111. The molecule has 29 heavy (non-hydrogen) atoms. The molecule has 1 atom stereocenters. The number of carbonyl (C=O) groups is 1. The van der Waals surface area contributed by atoms with Gasteiger partial charge in [-0.25, -0.2) is 4.39 Å². The second kappa shape index (κ2) is 6.84. The van der Waals surface area contributed by atoms with E-state index in [2.05, 4.69) is 29.4 Å². The summed E-state index contributed by atoms with van der Waals surface area (Å²) in [6.07, 6.45) is 3.23. The van der Waals surface area contributed by atoms with Crippen molar-refractivity contribution in [1.29, 1.82) is 0 Å². The van der Waals surface area contributed by atoms with E-state index in [4.69, 9.17) is 0 Å². The lowest BCUT2D eigenvalue weighted by Crippen LogP contribution is -2.47. The van der Waals surface area contributed by atoms with Crippen molar-refractivity contribution in [3.63, 3.8) is 0 Å². The van der Waals surface area contributed by atoms with Crippen LogP contribution in [0, 0.1) is 12.7 Å². The second-order valence-corrected chi connectivity index (χ2v) is 9.04. The first-order valence-corrected chi connectivity index (χ1v) is 10.6. The number of halogens is 1. The van der Waals surface area contributed by atoms with Gasteiger partial charge in [0.15, 0.2) is 0 Å². The van der Waals surface area contributed by atoms with Gasteiger partial charge in [0.25, 0.3) is 5.91 Å². The van der Waals surface area contributed by atoms with E-state index in [-0.39, 0.29) is 23.2 Å². The molecule has 1 amide bonds. The van der Waals surface area contributed by atoms with E-state index in [1.807, 2.05) is 24.0 Å². The standard InChI is InChI=1S/C24H28FN3O/c1-16-3-5-18(25)14-19(16)22-15-24(7-8-24)20-13-17(4-6-21(20)26-22)23(29)28-11-9-27(2)10-12-28/h3-6,13-14,22,26H,7-12,15H2,1-2H3. The molecule has 1 unspecified atom stereocenters. The van der Waals surface area contributed by atoms with Crippen LogP contribution in [-0.4, -0.2) is 48.9 Å². The maximum Gasteiger partial charge on any atom is 0.253 e. The van der Waals surface area contributed by atoms with Gasteiger partial charge < -0.3 is 15.1 Å². The number of benzene rings is 2. The van der Waals surface area contributed by atoms with E-state index in [9.17, 15) is 9.18 Å². The zero-order valence-corrected chi connectivity index (χ0v) is 17.2. The average Bonchev–Trinajstić information content (AvgIpc) is 3.49. The summed E-state index contributed by atoms with van der Waals surface area (Å²) in [5.41, 5.74) is 5.44. The molecule has 3 aliphatic rings. The predicted octanol–water partition coefficient (Wildman–Crippen LogP) is 4.11. The number of rotatable bonds is 2. The van der Waals surface area contributed by atoms with E-state index >= 15 is 0 Å². The maximum absolute atomic E-state index is 13.9. The van der Waals surface area contributed by atoms with Crippen molar-refractivity contribution >= 4 is 11.6 Å². The molecular weight excluding hydrogens is 365 g/mol. The van der Waals surface area contributed by atoms with Gasteiger partial charge in [0.05, 0.1) is 6.04 Å². The van der Waals surface area contributed by atoms with Gasteiger partial charge in [-0.2, -0.15) is 0 Å². The molecule has 4 nitrogen and oxygen atoms in total. The van der Waals surface area contributed by atoms with Crippen LogP contribution in [0.2, 0.25) is 0 Å². The smallest absolute Gasteiger partial charge is 0.253 e. The van der Waals surface area contributed by atoms with E-state index in [1.165, 1.54) is 11.6 Å². The molecule has 2 heterocycles. The molecule has 0 radical (unpaired) electrons. The number of aryl methyl sites for hydroxylation is 1. The Bertz CT molecular complexity index is 961. The predicted molar refractivity (Wildman–Crippen MR) is 113 cm³/mol. The highest BCUT2D eigenvalue weighted by molar-refractivity contribution is 5.95. The Morgan fingerprint density at radius 2 is 1.86 bits per heavy atom. The molecule has 1 aliphatic carbocycles. The summed E-state index contributed by atoms with van der Waals surface area (Å²) in [6, 6.07) is 11.3. The third-order valence-corrected chi connectivity index (χ3v) is 7.02. The van der Waals surface area contributed by atoms with Crippen molar-refractivity contribution in [2.75, 3.05) is 38.5 Å². The minimum Gasteiger partial charge on any atom is -0.378 e. The van der Waals surface area contributed by atoms with Crippen molar-refractivity contribution in [2.24, 2.45) is 0 Å². The van der Waals surface area contributed by atoms with Crippen LogP contribution in [-0.2, 0) is 5.41 Å². The molecule has 1 saturated heterocycles. The van der Waals surface area contributed by atoms with Gasteiger partial charge >= 0.3 is 0 Å². The number of nitrogens with zero attached hydrogens (tertiary/aromatic N) is 2. The summed E-state index contributed by atoms with van der Waals surface area (Å²) in [5, 5.41) is 3.63. The third-order valence-electron chi connectivity index (χ3n) is 7.02. The molecule has 5 rings (SSSR count). The van der Waals surface area contributed by atoms with Crippen molar-refractivity contribution in [1.82, 2.24) is 9.80 Å². The van der Waals surface area contributed by atoms with Crippen LogP contribution in [0.25, 0.3) is 0 Å². The van der Waals surface area contributed by atoms with Gasteiger partial charge in [-0.3, -0.25) is 4.79 Å². The van der Waals surface area contributed by atoms with Crippen LogP contribution < -0.4 is 5.32 Å². The Hall–Kier alpha value is -2.40. The SMILES string of the molecule is Cc1ccc(F)cc1C1CC2(CC2)c2cc(C(=O)N3CCN(C)CC3)ccc2N1. The Kier molecular flexibility index (Phi) is 4.39. The highest BCUT2D eigenvalue weighted by atomic mass is 19.1. The first-order chi connectivity index (χ1) is 13.9. The molecule has 0 aromatic heterocycles. The summed E-state index contributed by atoms with van der Waals surface area (Å²) in [4.78, 5) is 17.3. The molecule has 1 spiro atoms. The number of amides is 1. The van der Waals surface area contributed by atoms with Gasteiger partial charge in [0.2, 0.25) is 0 Å². The molecule has 5 heteroatoms. The van der Waals surface area contributed by atoms with E-state index in [1.54, 1.807) is 6.07 Å². The normalized spacial score (nSPS) is 22.9. The lowest BCUT2D eigenvalue weighted by molar-refractivity contribution is 0.0664. The molecule has 0 bridgehead atoms. The first-order valence-electron chi connectivity index (χ1n) is 10.6. The monoisotopic (exact) mass is 393 g/mol. The van der Waals surface area contributed by atoms with E-state index < -0.39 is 0 Å². The molecule has 2 aliphatic heterocycles. The molecule has 1 saturated carbocycles. The Labute approximate surface area is 171 Å². The Balaban J connectivity index is 1.43. The van der Waals surface area contributed by atoms with Gasteiger partial charge in [0.1, 0.15) is 5.82 Å². The van der Waals surface area contributed by atoms with Gasteiger partial charge in [-0.05, 0) is 85.7 Å². The summed E-state index contributed by atoms with van der Waals surface area (Å²) in [5.74, 6) is -0.0454. The van der Waals surface area contributed by atoms with Crippen molar-refractivity contribution < 1.29 is 9.18 Å². The number of hydrogen-bond donors (Lipinski definition) is 1. The summed E-state index contributed by atoms with van der Waals surface area (Å²) >= 11 is 0. The lowest BCUT2D eigenvalue weighted by atomic mass is 9.80. The second-order valence-electron chi connectivity index (χ2n) is 9.04. The summed E-state index contributed by atoms with van der Waals surface area (Å²) < 4.78 is 13.9. The number of piperazine rings is 1. The van der Waals surface area contributed by atoms with E-state index in [0.29, 0.717) is 0 Å². The molecule has 1 N–H and O–H groups in total. The van der Waals surface area contributed by atoms with Crippen molar-refractivity contribution in [3.05, 3.63) is 64.5 Å². The first kappa shape index (κ1) is 18.6. The van der Waals surface area contributed by atoms with E-state index in [0.717, 1.165) is 67.8 Å². The van der Waals surface area contributed by atoms with Crippen LogP contribution in [0.4, 0.5) is 10.1 Å². The zero-order valence-electron chi connectivity index (χ0n) is 17.2. The van der Waals surface area contributed by atoms with Crippen LogP contribution in [0.5, 0.6) is 0 Å². The van der Waals surface area contributed by atoms with Crippen LogP contribution in [0.1, 0.15) is 52.4 Å². The summed E-state index contributed by atoms with van der Waals surface area (Å²) in [6.45, 7) is 5.48. The topological polar surface area (TPSA) is 35.6 Å². The number of nitrogens with one attached hydrogen (secondary N) is 1. The highest BCUT2D eigenvalue weighted by Crippen LogP contribution is 2.59. The molecule has 2 aromatic rings. The zero-order chi connectivity index (χ0) is 20.2. The average molecular weight is 394 g/mol. The number of fused-ring (bicyclic) bond motifs is 2. The minimum atomic E-state index is -0.184. The van der Waals surface area contributed by atoms with Crippen molar-refractivity contribution in [3.8, 4) is 0 Å². The number of carbonyl (C=O) groups excluding carboxylic acids is 1. The Morgan fingerprint density at radius 1 is 1.10 bits per heavy atom. The number of hydrogen-bond acceptors (Lipinski definition) is 3. The summed E-state index contributed by atoms with van der Waals surface area (Å²) in [7, 11) is 2.10. The molecule has 2 aromatic carbocycles. The molecular formula is C24H28FN3O.